The Morgan fingerprint density at radius 1 is 1.38 bits per heavy atom. The van der Waals surface area contributed by atoms with E-state index in [4.69, 9.17) is 0 Å². The first kappa shape index (κ1) is 12.1. The standard InChI is InChI=1S/C9H13N3O4/c1-5(10-16-4)6-7(13)11(2)9(15)12(3)8(6)14/h10,13H,1H2,2-4H3. The molecular formula is C9H13N3O4. The molecule has 0 fully saturated rings. The zero-order chi connectivity index (χ0) is 12.5. The molecule has 2 N–H and O–H groups in total. The van der Waals surface area contributed by atoms with Crippen molar-refractivity contribution >= 4 is 5.70 Å². The van der Waals surface area contributed by atoms with Gasteiger partial charge in [-0.25, -0.2) is 4.79 Å². The Bertz CT molecular complexity index is 541. The maximum Gasteiger partial charge on any atom is 0.333 e. The lowest BCUT2D eigenvalue weighted by Gasteiger charge is -2.12. The van der Waals surface area contributed by atoms with Crippen molar-refractivity contribution in [2.75, 3.05) is 7.11 Å². The average molecular weight is 227 g/mol. The Kier molecular flexibility index (Phi) is 3.19. The van der Waals surface area contributed by atoms with Crippen LogP contribution in [0.3, 0.4) is 0 Å². The summed E-state index contributed by atoms with van der Waals surface area (Å²) < 4.78 is 1.82. The van der Waals surface area contributed by atoms with E-state index in [1.165, 1.54) is 21.2 Å². The highest BCUT2D eigenvalue weighted by molar-refractivity contribution is 5.63. The molecule has 0 atom stereocenters. The fourth-order valence-corrected chi connectivity index (χ4v) is 1.27. The Hall–Kier alpha value is -2.02. The van der Waals surface area contributed by atoms with Gasteiger partial charge in [0.2, 0.25) is 5.88 Å². The van der Waals surface area contributed by atoms with Gasteiger partial charge in [-0.15, -0.1) is 0 Å². The molecule has 7 nitrogen and oxygen atoms in total. The van der Waals surface area contributed by atoms with E-state index >= 15 is 0 Å². The summed E-state index contributed by atoms with van der Waals surface area (Å²) in [5.74, 6) is -0.456. The van der Waals surface area contributed by atoms with Crippen LogP contribution in [0.5, 0.6) is 5.88 Å². The lowest BCUT2D eigenvalue weighted by molar-refractivity contribution is 0.136. The molecule has 1 aromatic heterocycles. The first-order valence-corrected chi connectivity index (χ1v) is 4.39. The highest BCUT2D eigenvalue weighted by Gasteiger charge is 2.17. The van der Waals surface area contributed by atoms with Gasteiger partial charge >= 0.3 is 5.69 Å². The highest BCUT2D eigenvalue weighted by atomic mass is 16.6. The number of nitrogens with zero attached hydrogens (tertiary/aromatic N) is 2. The van der Waals surface area contributed by atoms with Gasteiger partial charge < -0.3 is 5.11 Å². The summed E-state index contributed by atoms with van der Waals surface area (Å²) >= 11 is 0. The van der Waals surface area contributed by atoms with Gasteiger partial charge in [0.1, 0.15) is 5.56 Å². The molecule has 0 aliphatic rings. The first-order valence-electron chi connectivity index (χ1n) is 4.39. The van der Waals surface area contributed by atoms with Gasteiger partial charge in [0.15, 0.2) is 0 Å². The van der Waals surface area contributed by atoms with Gasteiger partial charge in [0, 0.05) is 14.1 Å². The van der Waals surface area contributed by atoms with E-state index in [1.54, 1.807) is 0 Å². The number of hydrogen-bond donors (Lipinski definition) is 2. The molecule has 0 bridgehead atoms. The third-order valence-corrected chi connectivity index (χ3v) is 2.16. The fraction of sp³-hybridized carbons (Fsp3) is 0.333. The zero-order valence-electron chi connectivity index (χ0n) is 9.27. The monoisotopic (exact) mass is 227 g/mol. The predicted octanol–water partition coefficient (Wildman–Crippen LogP) is -1.09. The SMILES string of the molecule is C=C(NOC)c1c(O)n(C)c(=O)n(C)c1=O. The Balaban J connectivity index is 3.59. The zero-order valence-corrected chi connectivity index (χ0v) is 9.27. The van der Waals surface area contributed by atoms with Gasteiger partial charge in [0.25, 0.3) is 5.56 Å². The summed E-state index contributed by atoms with van der Waals surface area (Å²) in [5.41, 5.74) is 1.05. The van der Waals surface area contributed by atoms with Gasteiger partial charge in [-0.2, -0.15) is 0 Å². The van der Waals surface area contributed by atoms with Gasteiger partial charge in [-0.3, -0.25) is 24.2 Å². The third kappa shape index (κ3) is 1.72. The minimum Gasteiger partial charge on any atom is -0.494 e. The van der Waals surface area contributed by atoms with Gasteiger partial charge in [-0.05, 0) is 0 Å². The van der Waals surface area contributed by atoms with Crippen LogP contribution >= 0.6 is 0 Å². The van der Waals surface area contributed by atoms with E-state index in [-0.39, 0.29) is 11.3 Å². The number of nitrogens with one attached hydrogen (secondary N) is 1. The van der Waals surface area contributed by atoms with E-state index in [1.807, 2.05) is 0 Å². The van der Waals surface area contributed by atoms with Crippen molar-refractivity contribution in [1.82, 2.24) is 14.6 Å². The minimum absolute atomic E-state index is 0.0798. The minimum atomic E-state index is -0.643. The van der Waals surface area contributed by atoms with E-state index in [0.29, 0.717) is 0 Å². The van der Waals surface area contributed by atoms with Crippen LogP contribution in [0, 0.1) is 0 Å². The second-order valence-corrected chi connectivity index (χ2v) is 3.19. The normalized spacial score (nSPS) is 10.2. The average Bonchev–Trinajstić information content (AvgIpc) is 2.24. The Morgan fingerprint density at radius 3 is 2.44 bits per heavy atom. The van der Waals surface area contributed by atoms with Gasteiger partial charge in [-0.1, -0.05) is 6.58 Å². The van der Waals surface area contributed by atoms with E-state index in [2.05, 4.69) is 16.9 Å². The number of hydroxylamine groups is 1. The van der Waals surface area contributed by atoms with E-state index in [0.717, 1.165) is 9.13 Å². The van der Waals surface area contributed by atoms with Crippen molar-refractivity contribution in [3.8, 4) is 5.88 Å². The summed E-state index contributed by atoms with van der Waals surface area (Å²) in [5, 5.41) is 9.67. The molecule has 0 unspecified atom stereocenters. The third-order valence-electron chi connectivity index (χ3n) is 2.16. The second kappa shape index (κ2) is 4.23. The lowest BCUT2D eigenvalue weighted by Crippen LogP contribution is -2.39. The smallest absolute Gasteiger partial charge is 0.333 e. The largest absolute Gasteiger partial charge is 0.494 e. The number of hydrogen-bond acceptors (Lipinski definition) is 5. The quantitative estimate of drug-likeness (QED) is 0.641. The number of aromatic hydroxyl groups is 1. The topological polar surface area (TPSA) is 85.5 Å². The maximum absolute atomic E-state index is 11.7. The lowest BCUT2D eigenvalue weighted by atomic mass is 10.2. The van der Waals surface area contributed by atoms with Crippen molar-refractivity contribution < 1.29 is 9.94 Å². The first-order chi connectivity index (χ1) is 7.41. The molecule has 7 heteroatoms. The predicted molar refractivity (Wildman–Crippen MR) is 57.8 cm³/mol. The van der Waals surface area contributed by atoms with Crippen molar-refractivity contribution in [3.63, 3.8) is 0 Å². The molecule has 1 rings (SSSR count). The van der Waals surface area contributed by atoms with Crippen LogP contribution in [-0.4, -0.2) is 21.4 Å². The van der Waals surface area contributed by atoms with E-state index < -0.39 is 17.1 Å². The highest BCUT2D eigenvalue weighted by Crippen LogP contribution is 2.15. The Labute approximate surface area is 91.2 Å². The fourth-order valence-electron chi connectivity index (χ4n) is 1.27. The van der Waals surface area contributed by atoms with Crippen molar-refractivity contribution in [1.29, 1.82) is 0 Å². The second-order valence-electron chi connectivity index (χ2n) is 3.19. The molecule has 1 aromatic rings. The number of rotatable bonds is 3. The maximum atomic E-state index is 11.7. The Morgan fingerprint density at radius 2 is 1.94 bits per heavy atom. The van der Waals surface area contributed by atoms with Crippen molar-refractivity contribution in [2.45, 2.75) is 0 Å². The molecule has 0 aliphatic heterocycles. The van der Waals surface area contributed by atoms with E-state index in [9.17, 15) is 14.7 Å². The van der Waals surface area contributed by atoms with Crippen LogP contribution in [0.4, 0.5) is 0 Å². The number of aromatic nitrogens is 2. The van der Waals surface area contributed by atoms with Crippen LogP contribution in [0.25, 0.3) is 5.70 Å². The van der Waals surface area contributed by atoms with Crippen LogP contribution in [0.1, 0.15) is 5.56 Å². The summed E-state index contributed by atoms with van der Waals surface area (Å²) in [6.07, 6.45) is 0. The molecule has 0 spiro atoms. The molecular weight excluding hydrogens is 214 g/mol. The molecule has 0 aromatic carbocycles. The van der Waals surface area contributed by atoms with Crippen LogP contribution in [0.2, 0.25) is 0 Å². The molecule has 1 heterocycles. The molecule has 0 amide bonds. The molecule has 88 valence electrons. The molecule has 0 saturated heterocycles. The molecule has 0 aliphatic carbocycles. The molecule has 0 saturated carbocycles. The summed E-state index contributed by atoms with van der Waals surface area (Å²) in [6, 6.07) is 0. The van der Waals surface area contributed by atoms with Crippen molar-refractivity contribution in [2.24, 2.45) is 14.1 Å². The molecule has 16 heavy (non-hydrogen) atoms. The molecule has 0 radical (unpaired) electrons. The van der Waals surface area contributed by atoms with Crippen molar-refractivity contribution in [3.05, 3.63) is 33.0 Å². The van der Waals surface area contributed by atoms with Gasteiger partial charge in [0.05, 0.1) is 12.8 Å². The van der Waals surface area contributed by atoms with Crippen LogP contribution in [-0.2, 0) is 18.9 Å². The van der Waals surface area contributed by atoms with Crippen LogP contribution < -0.4 is 16.7 Å². The summed E-state index contributed by atoms with van der Waals surface area (Å²) in [7, 11) is 4.00. The van der Waals surface area contributed by atoms with Crippen LogP contribution in [0.15, 0.2) is 16.2 Å². The summed E-state index contributed by atoms with van der Waals surface area (Å²) in [4.78, 5) is 27.7. The summed E-state index contributed by atoms with van der Waals surface area (Å²) in [6.45, 7) is 3.52.